The predicted molar refractivity (Wildman–Crippen MR) is 61.4 cm³/mol. The number of nitrogens with one attached hydrogen (secondary N) is 1. The minimum absolute atomic E-state index is 0. The smallest absolute Gasteiger partial charge is 0.0431 e. The molecule has 0 aromatic rings. The summed E-state index contributed by atoms with van der Waals surface area (Å²) in [5.41, 5.74) is 0. The largest absolute Gasteiger partial charge is 0.520 e. The van der Waals surface area contributed by atoms with Crippen LogP contribution in [0.25, 0.3) is 0 Å². The zero-order valence-corrected chi connectivity index (χ0v) is 13.1. The summed E-state index contributed by atoms with van der Waals surface area (Å²) in [6, 6.07) is 0. The maximum atomic E-state index is 10.5. The molecule has 0 spiro atoms. The van der Waals surface area contributed by atoms with E-state index in [1.807, 2.05) is 13.5 Å². The number of carbonyl (C=O) groups excluding carboxylic acids is 1. The van der Waals surface area contributed by atoms with Gasteiger partial charge in [-0.3, -0.25) is 0 Å². The Labute approximate surface area is 124 Å². The van der Waals surface area contributed by atoms with Crippen molar-refractivity contribution in [2.75, 3.05) is 33.3 Å². The van der Waals surface area contributed by atoms with E-state index in [0.717, 1.165) is 51.7 Å². The molecule has 0 rings (SSSR count). The van der Waals surface area contributed by atoms with Crippen molar-refractivity contribution in [1.29, 1.82) is 0 Å². The summed E-state index contributed by atoms with van der Waals surface area (Å²) in [5, 5.41) is 11.7. The maximum absolute atomic E-state index is 10.5. The molecule has 0 aromatic carbocycles. The zero-order chi connectivity index (χ0) is 11.4. The van der Waals surface area contributed by atoms with Gasteiger partial charge in [0.05, 0.1) is 0 Å². The summed E-state index contributed by atoms with van der Waals surface area (Å²) >= 11 is 0. The Morgan fingerprint density at radius 2 is 1.75 bits per heavy atom. The van der Waals surface area contributed by atoms with Crippen molar-refractivity contribution < 1.29 is 42.6 Å². The molecule has 0 fully saturated rings. The molecule has 0 unspecified atom stereocenters. The van der Waals surface area contributed by atoms with Gasteiger partial charge in [-0.25, -0.2) is 0 Å². The van der Waals surface area contributed by atoms with E-state index in [1.165, 1.54) is 0 Å². The number of hydrogen-bond donors (Lipinski definition) is 2. The average molecular weight is 304 g/mol. The summed E-state index contributed by atoms with van der Waals surface area (Å²) in [7, 11) is 1.94. The molecule has 5 heteroatoms. The second-order valence-corrected chi connectivity index (χ2v) is 3.67. The maximum Gasteiger partial charge on any atom is 0.0431 e. The van der Waals surface area contributed by atoms with Crippen LogP contribution in [0.5, 0.6) is 0 Å². The van der Waals surface area contributed by atoms with Gasteiger partial charge in [-0.1, -0.05) is 6.42 Å². The van der Waals surface area contributed by atoms with Crippen LogP contribution in [0.1, 0.15) is 32.1 Å². The number of aliphatic hydroxyl groups excluding tert-OH is 1. The van der Waals surface area contributed by atoms with Gasteiger partial charge in [0.15, 0.2) is 0 Å². The molecule has 2 N–H and O–H groups in total. The van der Waals surface area contributed by atoms with Crippen LogP contribution in [0.4, 0.5) is 0 Å². The molecule has 0 heterocycles. The van der Waals surface area contributed by atoms with E-state index in [-0.39, 0.29) is 39.3 Å². The standard InChI is InChI=1S/C11H23N2O2.Y/c1-12-7-3-2-4-8-13(11-15)9-5-6-10-14;/h12,14H,2-10H2,1H3;/q-1;. The number of rotatable bonds is 11. The minimum atomic E-state index is 0. The van der Waals surface area contributed by atoms with Crippen molar-refractivity contribution in [3.8, 4) is 0 Å². The molecule has 1 radical (unpaired) electrons. The third-order valence-corrected chi connectivity index (χ3v) is 2.32. The van der Waals surface area contributed by atoms with E-state index < -0.39 is 0 Å². The third-order valence-electron chi connectivity index (χ3n) is 2.32. The molecule has 93 valence electrons. The molecule has 0 aliphatic carbocycles. The fraction of sp³-hybridized carbons (Fsp3) is 0.909. The van der Waals surface area contributed by atoms with Crippen molar-refractivity contribution in [3.05, 3.63) is 0 Å². The average Bonchev–Trinajstić information content (AvgIpc) is 2.26. The first-order chi connectivity index (χ1) is 7.35. The van der Waals surface area contributed by atoms with Crippen LogP contribution in [-0.4, -0.2) is 49.7 Å². The quantitative estimate of drug-likeness (QED) is 0.332. The summed E-state index contributed by atoms with van der Waals surface area (Å²) < 4.78 is 0. The first-order valence-corrected chi connectivity index (χ1v) is 5.73. The van der Waals surface area contributed by atoms with Crippen LogP contribution < -0.4 is 5.32 Å². The Morgan fingerprint density at radius 3 is 2.25 bits per heavy atom. The van der Waals surface area contributed by atoms with Gasteiger partial charge in [0.2, 0.25) is 0 Å². The van der Waals surface area contributed by atoms with E-state index in [9.17, 15) is 4.79 Å². The molecule has 0 atom stereocenters. The topological polar surface area (TPSA) is 52.6 Å². The Bertz CT molecular complexity index is 148. The van der Waals surface area contributed by atoms with E-state index in [2.05, 4.69) is 5.32 Å². The first kappa shape index (κ1) is 18.8. The van der Waals surface area contributed by atoms with Gasteiger partial charge < -0.3 is 20.1 Å². The van der Waals surface area contributed by atoms with Gasteiger partial charge in [-0.05, 0) is 52.4 Å². The molecule has 0 aromatic heterocycles. The molecule has 0 bridgehead atoms. The predicted octanol–water partition coefficient (Wildman–Crippen LogP) is 0.515. The number of amides is 1. The fourth-order valence-electron chi connectivity index (χ4n) is 1.40. The number of hydrogen-bond acceptors (Lipinski definition) is 3. The van der Waals surface area contributed by atoms with Gasteiger partial charge in [-0.2, -0.15) is 6.41 Å². The van der Waals surface area contributed by atoms with Gasteiger partial charge in [0.25, 0.3) is 0 Å². The summed E-state index contributed by atoms with van der Waals surface area (Å²) in [6.07, 6.45) is 6.89. The molecular weight excluding hydrogens is 281 g/mol. The van der Waals surface area contributed by atoms with Crippen LogP contribution in [0.15, 0.2) is 0 Å². The van der Waals surface area contributed by atoms with Gasteiger partial charge >= 0.3 is 0 Å². The fourth-order valence-corrected chi connectivity index (χ4v) is 1.40. The third kappa shape index (κ3) is 12.6. The van der Waals surface area contributed by atoms with Crippen LogP contribution in [0, 0.1) is 0 Å². The second-order valence-electron chi connectivity index (χ2n) is 3.67. The van der Waals surface area contributed by atoms with Crippen molar-refractivity contribution in [2.45, 2.75) is 32.1 Å². The Balaban J connectivity index is 0. The number of nitrogens with zero attached hydrogens (tertiary/aromatic N) is 1. The molecule has 4 nitrogen and oxygen atoms in total. The molecule has 16 heavy (non-hydrogen) atoms. The van der Waals surface area contributed by atoms with Gasteiger partial charge in [-0.15, -0.1) is 0 Å². The zero-order valence-electron chi connectivity index (χ0n) is 10.2. The first-order valence-electron chi connectivity index (χ1n) is 5.73. The normalized spacial score (nSPS) is 9.62. The van der Waals surface area contributed by atoms with Crippen LogP contribution in [0.2, 0.25) is 0 Å². The number of unbranched alkanes of at least 4 members (excludes halogenated alkanes) is 3. The van der Waals surface area contributed by atoms with E-state index in [1.54, 1.807) is 4.90 Å². The van der Waals surface area contributed by atoms with Crippen molar-refractivity contribution >= 4 is 6.41 Å². The molecule has 0 aliphatic rings. The summed E-state index contributed by atoms with van der Waals surface area (Å²) in [6.45, 7) is 2.75. The van der Waals surface area contributed by atoms with Crippen LogP contribution in [-0.2, 0) is 37.5 Å². The minimum Gasteiger partial charge on any atom is -0.520 e. The second kappa shape index (κ2) is 15.5. The van der Waals surface area contributed by atoms with Crippen molar-refractivity contribution in [2.24, 2.45) is 0 Å². The van der Waals surface area contributed by atoms with Crippen LogP contribution >= 0.6 is 0 Å². The Kier molecular flexibility index (Phi) is 18.3. The van der Waals surface area contributed by atoms with Crippen LogP contribution in [0.3, 0.4) is 0 Å². The summed E-state index contributed by atoms with van der Waals surface area (Å²) in [5.74, 6) is 0. The van der Waals surface area contributed by atoms with E-state index in [0.29, 0.717) is 0 Å². The summed E-state index contributed by atoms with van der Waals surface area (Å²) in [4.78, 5) is 12.2. The Morgan fingerprint density at radius 1 is 1.12 bits per heavy atom. The molecule has 0 saturated heterocycles. The van der Waals surface area contributed by atoms with Crippen molar-refractivity contribution in [3.63, 3.8) is 0 Å². The molecular formula is C11H23N2O2Y-. The van der Waals surface area contributed by atoms with Gasteiger partial charge in [0, 0.05) is 39.3 Å². The van der Waals surface area contributed by atoms with Crippen molar-refractivity contribution in [1.82, 2.24) is 10.2 Å². The van der Waals surface area contributed by atoms with Gasteiger partial charge in [0.1, 0.15) is 0 Å². The molecule has 0 aliphatic heterocycles. The Hall–Kier alpha value is 0.494. The SMILES string of the molecule is CNCCCCCN([C-]=O)CCCCO.[Y]. The molecule has 0 saturated carbocycles. The monoisotopic (exact) mass is 304 g/mol. The van der Waals surface area contributed by atoms with E-state index in [4.69, 9.17) is 5.11 Å². The number of aliphatic hydroxyl groups is 1. The van der Waals surface area contributed by atoms with E-state index >= 15 is 0 Å². The molecule has 1 amide bonds.